The lowest BCUT2D eigenvalue weighted by molar-refractivity contribution is -0.118. The molecule has 31 heavy (non-hydrogen) atoms. The van der Waals surface area contributed by atoms with Gasteiger partial charge in [-0.15, -0.1) is 0 Å². The predicted octanol–water partition coefficient (Wildman–Crippen LogP) is 4.23. The van der Waals surface area contributed by atoms with Crippen molar-refractivity contribution in [1.29, 1.82) is 0 Å². The molecular weight excluding hydrogens is 392 g/mol. The molecule has 0 aliphatic carbocycles. The first-order chi connectivity index (χ1) is 15.1. The van der Waals surface area contributed by atoms with E-state index in [1.165, 1.54) is 4.90 Å². The van der Waals surface area contributed by atoms with Gasteiger partial charge in [0.15, 0.2) is 0 Å². The molecule has 1 heterocycles. The molecule has 6 nitrogen and oxygen atoms in total. The van der Waals surface area contributed by atoms with Crippen molar-refractivity contribution in [2.75, 3.05) is 31.0 Å². The lowest BCUT2D eigenvalue weighted by atomic mass is 10.00. The number of ether oxygens (including phenoxy) is 2. The summed E-state index contributed by atoms with van der Waals surface area (Å²) in [7, 11) is 3.20. The van der Waals surface area contributed by atoms with Gasteiger partial charge in [0.1, 0.15) is 18.0 Å². The number of para-hydroxylation sites is 2. The number of fused-ring (bicyclic) bond motifs is 1. The molecule has 1 N–H and O–H groups in total. The van der Waals surface area contributed by atoms with Crippen LogP contribution >= 0.6 is 0 Å². The molecule has 0 saturated carbocycles. The maximum Gasteiger partial charge on any atom is 0.259 e. The molecule has 3 aromatic rings. The van der Waals surface area contributed by atoms with Crippen molar-refractivity contribution < 1.29 is 19.1 Å². The summed E-state index contributed by atoms with van der Waals surface area (Å²) in [5, 5.41) is 2.82. The van der Waals surface area contributed by atoms with Crippen LogP contribution in [0.1, 0.15) is 11.1 Å². The van der Waals surface area contributed by atoms with Crippen molar-refractivity contribution in [1.82, 2.24) is 0 Å². The van der Waals surface area contributed by atoms with Gasteiger partial charge in [-0.1, -0.05) is 36.4 Å². The molecule has 0 spiro atoms. The summed E-state index contributed by atoms with van der Waals surface area (Å²) in [5.41, 5.74) is 3.32. The summed E-state index contributed by atoms with van der Waals surface area (Å²) in [5.74, 6) is 0.938. The largest absolute Gasteiger partial charge is 0.497 e. The molecule has 4 rings (SSSR count). The molecule has 0 aromatic heterocycles. The van der Waals surface area contributed by atoms with E-state index in [0.29, 0.717) is 22.7 Å². The zero-order valence-electron chi connectivity index (χ0n) is 17.3. The van der Waals surface area contributed by atoms with Crippen LogP contribution in [-0.4, -0.2) is 32.6 Å². The van der Waals surface area contributed by atoms with Gasteiger partial charge in [0.05, 0.1) is 25.6 Å². The van der Waals surface area contributed by atoms with E-state index < -0.39 is 0 Å². The van der Waals surface area contributed by atoms with Gasteiger partial charge >= 0.3 is 0 Å². The number of nitrogens with one attached hydrogen (secondary N) is 1. The van der Waals surface area contributed by atoms with Crippen LogP contribution in [0.2, 0.25) is 0 Å². The third kappa shape index (κ3) is 4.28. The summed E-state index contributed by atoms with van der Waals surface area (Å²) in [6.45, 7) is -0.0496. The summed E-state index contributed by atoms with van der Waals surface area (Å²) in [4.78, 5) is 27.5. The highest BCUT2D eigenvalue weighted by molar-refractivity contribution is 6.32. The summed E-state index contributed by atoms with van der Waals surface area (Å²) in [6, 6.07) is 22.0. The highest BCUT2D eigenvalue weighted by Crippen LogP contribution is 2.32. The minimum Gasteiger partial charge on any atom is -0.497 e. The van der Waals surface area contributed by atoms with E-state index in [9.17, 15) is 9.59 Å². The summed E-state index contributed by atoms with van der Waals surface area (Å²) >= 11 is 0. The third-order valence-corrected chi connectivity index (χ3v) is 5.07. The van der Waals surface area contributed by atoms with E-state index in [4.69, 9.17) is 9.47 Å². The van der Waals surface area contributed by atoms with E-state index in [1.54, 1.807) is 32.4 Å². The zero-order chi connectivity index (χ0) is 21.8. The molecule has 0 radical (unpaired) electrons. The van der Waals surface area contributed by atoms with Gasteiger partial charge in [0.25, 0.3) is 5.91 Å². The average molecular weight is 414 g/mol. The van der Waals surface area contributed by atoms with Crippen LogP contribution in [0.5, 0.6) is 11.5 Å². The van der Waals surface area contributed by atoms with Gasteiger partial charge in [0.2, 0.25) is 5.91 Å². The molecule has 1 aliphatic rings. The number of hydrogen-bond donors (Lipinski definition) is 1. The maximum atomic E-state index is 13.7. The van der Waals surface area contributed by atoms with E-state index in [-0.39, 0.29) is 18.4 Å². The second-order valence-corrected chi connectivity index (χ2v) is 7.02. The lowest BCUT2D eigenvalue weighted by Gasteiger charge is -2.30. The minimum absolute atomic E-state index is 0.0496. The predicted molar refractivity (Wildman–Crippen MR) is 121 cm³/mol. The minimum atomic E-state index is -0.261. The third-order valence-electron chi connectivity index (χ3n) is 5.07. The lowest BCUT2D eigenvalue weighted by Crippen LogP contribution is -2.42. The van der Waals surface area contributed by atoms with E-state index >= 15 is 0 Å². The number of amides is 2. The first-order valence-electron chi connectivity index (χ1n) is 9.80. The molecule has 6 heteroatoms. The second kappa shape index (κ2) is 8.75. The Balaban J connectivity index is 1.79. The number of carbonyl (C=O) groups excluding carboxylic acids is 2. The van der Waals surface area contributed by atoms with E-state index in [1.807, 2.05) is 60.7 Å². The highest BCUT2D eigenvalue weighted by atomic mass is 16.5. The Morgan fingerprint density at radius 3 is 2.16 bits per heavy atom. The number of anilines is 2. The van der Waals surface area contributed by atoms with Crippen LogP contribution < -0.4 is 19.7 Å². The fourth-order valence-corrected chi connectivity index (χ4v) is 3.47. The van der Waals surface area contributed by atoms with Gasteiger partial charge in [0, 0.05) is 5.57 Å². The van der Waals surface area contributed by atoms with Gasteiger partial charge in [-0.2, -0.15) is 0 Å². The summed E-state index contributed by atoms with van der Waals surface area (Å²) < 4.78 is 10.5. The molecule has 2 amide bonds. The smallest absolute Gasteiger partial charge is 0.259 e. The van der Waals surface area contributed by atoms with Crippen LogP contribution in [0.3, 0.4) is 0 Å². The summed E-state index contributed by atoms with van der Waals surface area (Å²) in [6.07, 6.45) is 1.82. The molecule has 156 valence electrons. The Morgan fingerprint density at radius 1 is 0.903 bits per heavy atom. The van der Waals surface area contributed by atoms with Crippen molar-refractivity contribution in [2.24, 2.45) is 0 Å². The van der Waals surface area contributed by atoms with Crippen LogP contribution in [-0.2, 0) is 9.59 Å². The van der Waals surface area contributed by atoms with Crippen LogP contribution in [0.4, 0.5) is 11.4 Å². The normalized spacial score (nSPS) is 13.3. The monoisotopic (exact) mass is 414 g/mol. The van der Waals surface area contributed by atoms with Gasteiger partial charge in [-0.05, 0) is 53.6 Å². The van der Waals surface area contributed by atoms with E-state index in [2.05, 4.69) is 5.32 Å². The standard InChI is InChI=1S/C25H22N2O4/c1-30-19-11-7-17(8-12-19)15-21(18-9-13-20(31-2)14-10-18)25(29)27-16-24(28)26-22-5-3-4-6-23(22)27/h3-15H,16H2,1-2H3,(H,26,28)/b21-15+. The zero-order valence-corrected chi connectivity index (χ0v) is 17.3. The number of benzene rings is 3. The average Bonchev–Trinajstić information content (AvgIpc) is 2.82. The molecule has 0 atom stereocenters. The quantitative estimate of drug-likeness (QED) is 0.501. The molecule has 0 fully saturated rings. The molecule has 0 bridgehead atoms. The molecule has 1 aliphatic heterocycles. The second-order valence-electron chi connectivity index (χ2n) is 7.02. The Morgan fingerprint density at radius 2 is 1.52 bits per heavy atom. The fraction of sp³-hybridized carbons (Fsp3) is 0.120. The van der Waals surface area contributed by atoms with Crippen LogP contribution in [0, 0.1) is 0 Å². The first-order valence-corrected chi connectivity index (χ1v) is 9.80. The SMILES string of the molecule is COc1ccc(/C=C(/C(=O)N2CC(=O)Nc3ccccc32)c2ccc(OC)cc2)cc1. The number of nitrogens with zero attached hydrogens (tertiary/aromatic N) is 1. The van der Waals surface area contributed by atoms with Crippen LogP contribution in [0.25, 0.3) is 11.6 Å². The molecule has 0 unspecified atom stereocenters. The van der Waals surface area contributed by atoms with Crippen molar-refractivity contribution in [3.05, 3.63) is 83.9 Å². The number of hydrogen-bond acceptors (Lipinski definition) is 4. The van der Waals surface area contributed by atoms with Gasteiger partial charge in [-0.25, -0.2) is 0 Å². The highest BCUT2D eigenvalue weighted by Gasteiger charge is 2.29. The Labute approximate surface area is 180 Å². The van der Waals surface area contributed by atoms with E-state index in [0.717, 1.165) is 16.9 Å². The maximum absolute atomic E-state index is 13.7. The van der Waals surface area contributed by atoms with Crippen molar-refractivity contribution in [2.45, 2.75) is 0 Å². The first kappa shape index (κ1) is 20.2. The molecule has 0 saturated heterocycles. The topological polar surface area (TPSA) is 67.9 Å². The van der Waals surface area contributed by atoms with Crippen LogP contribution in [0.15, 0.2) is 72.8 Å². The molecule has 3 aromatic carbocycles. The fourth-order valence-electron chi connectivity index (χ4n) is 3.47. The molecular formula is C25H22N2O4. The Kier molecular flexibility index (Phi) is 5.71. The van der Waals surface area contributed by atoms with Crippen molar-refractivity contribution >= 4 is 34.8 Å². The van der Waals surface area contributed by atoms with Gasteiger partial charge in [-0.3, -0.25) is 14.5 Å². The number of rotatable bonds is 5. The Bertz CT molecular complexity index is 1130. The van der Waals surface area contributed by atoms with Gasteiger partial charge < -0.3 is 14.8 Å². The van der Waals surface area contributed by atoms with Crippen molar-refractivity contribution in [3.8, 4) is 11.5 Å². The number of methoxy groups -OCH3 is 2. The number of carbonyl (C=O) groups is 2. The Hall–Kier alpha value is -4.06. The van der Waals surface area contributed by atoms with Crippen molar-refractivity contribution in [3.63, 3.8) is 0 Å².